The first kappa shape index (κ1) is 14.1. The molecule has 5 nitrogen and oxygen atoms in total. The van der Waals surface area contributed by atoms with Crippen LogP contribution in [0.1, 0.15) is 5.56 Å². The average Bonchev–Trinajstić information content (AvgIpc) is 2.53. The zero-order valence-electron chi connectivity index (χ0n) is 11.7. The lowest BCUT2D eigenvalue weighted by molar-refractivity contribution is 0.281. The van der Waals surface area contributed by atoms with Crippen LogP contribution in [0.15, 0.2) is 30.6 Å². The fourth-order valence-electron chi connectivity index (χ4n) is 2.05. The third-order valence-electron chi connectivity index (χ3n) is 2.99. The minimum atomic E-state index is -0.0591. The largest absolute Gasteiger partial charge is 0.493 e. The number of ether oxygens (including phenoxy) is 3. The number of aromatic nitrogens is 1. The number of aliphatic hydroxyl groups is 1. The van der Waals surface area contributed by atoms with Crippen LogP contribution in [0, 0.1) is 0 Å². The van der Waals surface area contributed by atoms with E-state index in [0.29, 0.717) is 17.2 Å². The summed E-state index contributed by atoms with van der Waals surface area (Å²) in [5.41, 5.74) is 2.40. The Kier molecular flexibility index (Phi) is 4.42. The molecule has 1 heterocycles. The number of methoxy groups -OCH3 is 3. The minimum absolute atomic E-state index is 0.0591. The highest BCUT2D eigenvalue weighted by Crippen LogP contribution is 2.44. The van der Waals surface area contributed by atoms with E-state index in [9.17, 15) is 5.11 Å². The Morgan fingerprint density at radius 2 is 1.75 bits per heavy atom. The molecule has 5 heteroatoms. The second kappa shape index (κ2) is 6.25. The van der Waals surface area contributed by atoms with Gasteiger partial charge in [-0.15, -0.1) is 0 Å². The van der Waals surface area contributed by atoms with Crippen LogP contribution in [0.4, 0.5) is 0 Å². The Labute approximate surface area is 117 Å². The van der Waals surface area contributed by atoms with Crippen molar-refractivity contribution in [2.45, 2.75) is 6.61 Å². The second-order valence-corrected chi connectivity index (χ2v) is 4.12. The lowest BCUT2D eigenvalue weighted by Gasteiger charge is -2.16. The van der Waals surface area contributed by atoms with Gasteiger partial charge in [0.2, 0.25) is 5.75 Å². The summed E-state index contributed by atoms with van der Waals surface area (Å²) in [5, 5.41) is 9.20. The molecule has 1 aromatic heterocycles. The van der Waals surface area contributed by atoms with E-state index in [1.807, 2.05) is 18.2 Å². The van der Waals surface area contributed by atoms with E-state index < -0.39 is 0 Å². The molecule has 0 aliphatic carbocycles. The van der Waals surface area contributed by atoms with Crippen LogP contribution in [0.5, 0.6) is 17.2 Å². The van der Waals surface area contributed by atoms with Crippen LogP contribution in [0.25, 0.3) is 11.1 Å². The van der Waals surface area contributed by atoms with Crippen LogP contribution in [-0.4, -0.2) is 31.4 Å². The van der Waals surface area contributed by atoms with Gasteiger partial charge in [0, 0.05) is 23.5 Å². The molecule has 0 amide bonds. The van der Waals surface area contributed by atoms with Crippen molar-refractivity contribution in [1.29, 1.82) is 0 Å². The fourth-order valence-corrected chi connectivity index (χ4v) is 2.05. The Hall–Kier alpha value is -2.27. The molecule has 0 radical (unpaired) electrons. The van der Waals surface area contributed by atoms with Gasteiger partial charge in [0.1, 0.15) is 0 Å². The lowest BCUT2D eigenvalue weighted by atomic mass is 10.0. The van der Waals surface area contributed by atoms with Crippen molar-refractivity contribution in [1.82, 2.24) is 4.98 Å². The van der Waals surface area contributed by atoms with Crippen LogP contribution in [0.3, 0.4) is 0 Å². The Morgan fingerprint density at radius 3 is 2.35 bits per heavy atom. The standard InChI is InChI=1S/C15H17NO4/c1-18-13-5-4-12(14(19-2)15(13)20-3)11-6-10(9-17)7-16-8-11/h4-8,17H,9H2,1-3H3. The van der Waals surface area contributed by atoms with E-state index in [-0.39, 0.29) is 6.61 Å². The van der Waals surface area contributed by atoms with Crippen LogP contribution < -0.4 is 14.2 Å². The predicted octanol–water partition coefficient (Wildman–Crippen LogP) is 2.27. The minimum Gasteiger partial charge on any atom is -0.493 e. The van der Waals surface area contributed by atoms with Crippen molar-refractivity contribution in [3.05, 3.63) is 36.2 Å². The molecule has 1 aromatic carbocycles. The molecule has 20 heavy (non-hydrogen) atoms. The highest BCUT2D eigenvalue weighted by Gasteiger charge is 2.17. The molecular weight excluding hydrogens is 258 g/mol. The average molecular weight is 275 g/mol. The molecule has 0 fully saturated rings. The van der Waals surface area contributed by atoms with Gasteiger partial charge in [-0.2, -0.15) is 0 Å². The van der Waals surface area contributed by atoms with Gasteiger partial charge in [-0.3, -0.25) is 4.98 Å². The maximum Gasteiger partial charge on any atom is 0.203 e. The Balaban J connectivity index is 2.61. The van der Waals surface area contributed by atoms with Crippen molar-refractivity contribution in [2.24, 2.45) is 0 Å². The van der Waals surface area contributed by atoms with Crippen molar-refractivity contribution >= 4 is 0 Å². The van der Waals surface area contributed by atoms with Crippen LogP contribution >= 0.6 is 0 Å². The van der Waals surface area contributed by atoms with Crippen molar-refractivity contribution < 1.29 is 19.3 Å². The maximum absolute atomic E-state index is 9.20. The molecular formula is C15H17NO4. The van der Waals surface area contributed by atoms with Gasteiger partial charge in [0.25, 0.3) is 0 Å². The van der Waals surface area contributed by atoms with Gasteiger partial charge in [-0.05, 0) is 23.8 Å². The second-order valence-electron chi connectivity index (χ2n) is 4.12. The summed E-state index contributed by atoms with van der Waals surface area (Å²) in [6, 6.07) is 5.54. The summed E-state index contributed by atoms with van der Waals surface area (Å²) in [6.45, 7) is -0.0591. The van der Waals surface area contributed by atoms with Gasteiger partial charge in [0.15, 0.2) is 11.5 Å². The maximum atomic E-state index is 9.20. The summed E-state index contributed by atoms with van der Waals surface area (Å²) in [7, 11) is 4.71. The third kappa shape index (κ3) is 2.53. The number of aliphatic hydroxyl groups excluding tert-OH is 1. The highest BCUT2D eigenvalue weighted by atomic mass is 16.5. The number of rotatable bonds is 5. The zero-order valence-corrected chi connectivity index (χ0v) is 11.7. The SMILES string of the molecule is COc1ccc(-c2cncc(CO)c2)c(OC)c1OC. The molecule has 1 N–H and O–H groups in total. The predicted molar refractivity (Wildman–Crippen MR) is 75.3 cm³/mol. The first-order chi connectivity index (χ1) is 9.74. The highest BCUT2D eigenvalue weighted by molar-refractivity contribution is 5.76. The van der Waals surface area contributed by atoms with E-state index in [1.54, 1.807) is 33.7 Å². The quantitative estimate of drug-likeness (QED) is 0.907. The van der Waals surface area contributed by atoms with E-state index in [4.69, 9.17) is 14.2 Å². The summed E-state index contributed by atoms with van der Waals surface area (Å²) in [4.78, 5) is 4.12. The van der Waals surface area contributed by atoms with Crippen LogP contribution in [-0.2, 0) is 6.61 Å². The molecule has 0 aliphatic heterocycles. The Morgan fingerprint density at radius 1 is 1.00 bits per heavy atom. The van der Waals surface area contributed by atoms with Crippen LogP contribution in [0.2, 0.25) is 0 Å². The van der Waals surface area contributed by atoms with E-state index in [1.165, 1.54) is 0 Å². The molecule has 0 bridgehead atoms. The van der Waals surface area contributed by atoms with E-state index in [2.05, 4.69) is 4.98 Å². The smallest absolute Gasteiger partial charge is 0.203 e. The van der Waals surface area contributed by atoms with E-state index in [0.717, 1.165) is 16.7 Å². The van der Waals surface area contributed by atoms with Gasteiger partial charge in [-0.25, -0.2) is 0 Å². The van der Waals surface area contributed by atoms with Gasteiger partial charge in [-0.1, -0.05) is 0 Å². The first-order valence-electron chi connectivity index (χ1n) is 6.09. The topological polar surface area (TPSA) is 60.8 Å². The molecule has 0 atom stereocenters. The van der Waals surface area contributed by atoms with Crippen molar-refractivity contribution in [2.75, 3.05) is 21.3 Å². The summed E-state index contributed by atoms with van der Waals surface area (Å²) >= 11 is 0. The monoisotopic (exact) mass is 275 g/mol. The Bertz CT molecular complexity index is 598. The number of pyridine rings is 1. The lowest BCUT2D eigenvalue weighted by Crippen LogP contribution is -1.97. The molecule has 106 valence electrons. The molecule has 2 aromatic rings. The summed E-state index contributed by atoms with van der Waals surface area (Å²) in [5.74, 6) is 1.70. The number of hydrogen-bond acceptors (Lipinski definition) is 5. The summed E-state index contributed by atoms with van der Waals surface area (Å²) in [6.07, 6.45) is 3.33. The van der Waals surface area contributed by atoms with Gasteiger partial charge in [0.05, 0.1) is 27.9 Å². The van der Waals surface area contributed by atoms with Gasteiger partial charge < -0.3 is 19.3 Å². The fraction of sp³-hybridized carbons (Fsp3) is 0.267. The van der Waals surface area contributed by atoms with Crippen molar-refractivity contribution in [3.8, 4) is 28.4 Å². The molecule has 0 spiro atoms. The normalized spacial score (nSPS) is 10.2. The first-order valence-corrected chi connectivity index (χ1v) is 6.09. The molecule has 0 aliphatic rings. The number of hydrogen-bond donors (Lipinski definition) is 1. The molecule has 2 rings (SSSR count). The van der Waals surface area contributed by atoms with Gasteiger partial charge >= 0.3 is 0 Å². The number of nitrogens with zero attached hydrogens (tertiary/aromatic N) is 1. The molecule has 0 saturated heterocycles. The molecule has 0 unspecified atom stereocenters. The third-order valence-corrected chi connectivity index (χ3v) is 2.99. The van der Waals surface area contributed by atoms with Crippen molar-refractivity contribution in [3.63, 3.8) is 0 Å². The zero-order chi connectivity index (χ0) is 14.5. The summed E-state index contributed by atoms with van der Waals surface area (Å²) < 4.78 is 16.1. The van der Waals surface area contributed by atoms with E-state index >= 15 is 0 Å². The number of benzene rings is 1. The molecule has 0 saturated carbocycles.